The summed E-state index contributed by atoms with van der Waals surface area (Å²) in [6, 6.07) is 9.93. The van der Waals surface area contributed by atoms with Crippen LogP contribution in [0.2, 0.25) is 0 Å². The van der Waals surface area contributed by atoms with Crippen molar-refractivity contribution in [3.8, 4) is 0 Å². The number of amides is 1. The number of benzene rings is 1. The van der Waals surface area contributed by atoms with Gasteiger partial charge >= 0.3 is 0 Å². The lowest BCUT2D eigenvalue weighted by Gasteiger charge is -2.28. The highest BCUT2D eigenvalue weighted by Crippen LogP contribution is 2.22. The molecule has 0 atom stereocenters. The number of nitrogens with one attached hydrogen (secondary N) is 1. The molecule has 4 heteroatoms. The highest BCUT2D eigenvalue weighted by Gasteiger charge is 2.12. The summed E-state index contributed by atoms with van der Waals surface area (Å²) in [4.78, 5) is 18.7. The van der Waals surface area contributed by atoms with Crippen molar-refractivity contribution in [1.82, 2.24) is 4.98 Å². The molecular formula is C18H21N3O. The molecule has 2 aromatic rings. The molecule has 3 rings (SSSR count). The van der Waals surface area contributed by atoms with Gasteiger partial charge in [-0.15, -0.1) is 0 Å². The Morgan fingerprint density at radius 3 is 2.50 bits per heavy atom. The van der Waals surface area contributed by atoms with Gasteiger partial charge in [0.05, 0.1) is 5.56 Å². The second-order valence-electron chi connectivity index (χ2n) is 5.74. The molecule has 0 bridgehead atoms. The number of aryl methyl sites for hydroxylation is 1. The highest BCUT2D eigenvalue weighted by molar-refractivity contribution is 6.05. The topological polar surface area (TPSA) is 45.2 Å². The predicted octanol–water partition coefficient (Wildman–Crippen LogP) is 3.63. The summed E-state index contributed by atoms with van der Waals surface area (Å²) in [6.07, 6.45) is 7.15. The second-order valence-corrected chi connectivity index (χ2v) is 5.74. The van der Waals surface area contributed by atoms with Crippen molar-refractivity contribution in [2.24, 2.45) is 0 Å². The van der Waals surface area contributed by atoms with Crippen LogP contribution in [0.15, 0.2) is 42.7 Å². The van der Waals surface area contributed by atoms with Crippen LogP contribution in [-0.4, -0.2) is 24.0 Å². The van der Waals surface area contributed by atoms with E-state index in [-0.39, 0.29) is 5.91 Å². The average Bonchev–Trinajstić information content (AvgIpc) is 2.57. The van der Waals surface area contributed by atoms with Gasteiger partial charge in [0.25, 0.3) is 5.91 Å². The molecule has 114 valence electrons. The lowest BCUT2D eigenvalue weighted by molar-refractivity contribution is 0.102. The fraction of sp³-hybridized carbons (Fsp3) is 0.333. The van der Waals surface area contributed by atoms with Gasteiger partial charge in [-0.2, -0.15) is 0 Å². The number of carbonyl (C=O) groups excluding carboxylic acids is 1. The standard InChI is InChI=1S/C18H21N3O/c1-14-9-10-19-13-17(14)18(22)20-15-5-7-16(8-6-15)21-11-3-2-4-12-21/h5-10,13H,2-4,11-12H2,1H3,(H,20,22). The predicted molar refractivity (Wildman–Crippen MR) is 89.4 cm³/mol. The molecule has 1 aromatic carbocycles. The zero-order chi connectivity index (χ0) is 15.4. The third-order valence-electron chi connectivity index (χ3n) is 4.13. The summed E-state index contributed by atoms with van der Waals surface area (Å²) in [5, 5.41) is 2.93. The first kappa shape index (κ1) is 14.6. The van der Waals surface area contributed by atoms with Crippen LogP contribution >= 0.6 is 0 Å². The molecule has 1 aromatic heterocycles. The molecule has 1 saturated heterocycles. The van der Waals surface area contributed by atoms with Crippen LogP contribution in [0, 0.1) is 6.92 Å². The summed E-state index contributed by atoms with van der Waals surface area (Å²) in [6.45, 7) is 4.16. The van der Waals surface area contributed by atoms with Gasteiger partial charge in [-0.05, 0) is 62.1 Å². The van der Waals surface area contributed by atoms with Crippen molar-refractivity contribution in [2.75, 3.05) is 23.3 Å². The summed E-state index contributed by atoms with van der Waals surface area (Å²) < 4.78 is 0. The van der Waals surface area contributed by atoms with E-state index in [1.165, 1.54) is 24.9 Å². The Bertz CT molecular complexity index is 646. The molecule has 0 radical (unpaired) electrons. The van der Waals surface area contributed by atoms with E-state index < -0.39 is 0 Å². The molecule has 1 fully saturated rings. The summed E-state index contributed by atoms with van der Waals surface area (Å²) in [7, 11) is 0. The van der Waals surface area contributed by atoms with Gasteiger partial charge in [-0.3, -0.25) is 9.78 Å². The Balaban J connectivity index is 1.68. The number of hydrogen-bond donors (Lipinski definition) is 1. The smallest absolute Gasteiger partial charge is 0.257 e. The maximum atomic E-state index is 12.3. The number of pyridine rings is 1. The molecule has 0 spiro atoms. The number of carbonyl (C=O) groups is 1. The van der Waals surface area contributed by atoms with E-state index in [0.717, 1.165) is 24.3 Å². The maximum Gasteiger partial charge on any atom is 0.257 e. The number of rotatable bonds is 3. The van der Waals surface area contributed by atoms with Gasteiger partial charge in [0.2, 0.25) is 0 Å². The third kappa shape index (κ3) is 3.27. The van der Waals surface area contributed by atoms with E-state index in [0.29, 0.717) is 5.56 Å². The largest absolute Gasteiger partial charge is 0.372 e. The quantitative estimate of drug-likeness (QED) is 0.940. The van der Waals surface area contributed by atoms with Gasteiger partial charge in [-0.25, -0.2) is 0 Å². The van der Waals surface area contributed by atoms with Crippen LogP contribution in [0.4, 0.5) is 11.4 Å². The van der Waals surface area contributed by atoms with E-state index in [1.807, 2.05) is 25.1 Å². The highest BCUT2D eigenvalue weighted by atomic mass is 16.1. The van der Waals surface area contributed by atoms with Gasteiger partial charge in [-0.1, -0.05) is 0 Å². The zero-order valence-corrected chi connectivity index (χ0v) is 12.9. The third-order valence-corrected chi connectivity index (χ3v) is 4.13. The molecule has 0 saturated carbocycles. The second kappa shape index (κ2) is 6.60. The normalized spacial score (nSPS) is 14.7. The first-order valence-corrected chi connectivity index (χ1v) is 7.81. The molecule has 1 amide bonds. The summed E-state index contributed by atoms with van der Waals surface area (Å²) in [5.41, 5.74) is 3.59. The monoisotopic (exact) mass is 295 g/mol. The Labute approximate surface area is 131 Å². The SMILES string of the molecule is Cc1ccncc1C(=O)Nc1ccc(N2CCCCC2)cc1. The fourth-order valence-electron chi connectivity index (χ4n) is 2.81. The summed E-state index contributed by atoms with van der Waals surface area (Å²) in [5.74, 6) is -0.115. The van der Waals surface area contributed by atoms with Crippen LogP contribution in [0.1, 0.15) is 35.2 Å². The number of nitrogens with zero attached hydrogens (tertiary/aromatic N) is 2. The van der Waals surface area contributed by atoms with Crippen molar-refractivity contribution in [3.05, 3.63) is 53.9 Å². The summed E-state index contributed by atoms with van der Waals surface area (Å²) >= 11 is 0. The molecule has 2 heterocycles. The number of aromatic nitrogens is 1. The van der Waals surface area contributed by atoms with Crippen molar-refractivity contribution in [3.63, 3.8) is 0 Å². The lowest BCUT2D eigenvalue weighted by atomic mass is 10.1. The number of hydrogen-bond acceptors (Lipinski definition) is 3. The van der Waals surface area contributed by atoms with E-state index in [4.69, 9.17) is 0 Å². The van der Waals surface area contributed by atoms with Crippen molar-refractivity contribution in [2.45, 2.75) is 26.2 Å². The first-order chi connectivity index (χ1) is 10.7. The molecule has 0 unspecified atom stereocenters. The Morgan fingerprint density at radius 2 is 1.82 bits per heavy atom. The lowest BCUT2D eigenvalue weighted by Crippen LogP contribution is -2.29. The van der Waals surface area contributed by atoms with Crippen molar-refractivity contribution >= 4 is 17.3 Å². The molecule has 22 heavy (non-hydrogen) atoms. The van der Waals surface area contributed by atoms with Crippen LogP contribution in [-0.2, 0) is 0 Å². The van der Waals surface area contributed by atoms with Crippen LogP contribution in [0.5, 0.6) is 0 Å². The Morgan fingerprint density at radius 1 is 1.09 bits per heavy atom. The maximum absolute atomic E-state index is 12.3. The minimum absolute atomic E-state index is 0.115. The fourth-order valence-corrected chi connectivity index (χ4v) is 2.81. The zero-order valence-electron chi connectivity index (χ0n) is 12.9. The molecular weight excluding hydrogens is 274 g/mol. The molecule has 0 aliphatic carbocycles. The van der Waals surface area contributed by atoms with Crippen molar-refractivity contribution < 1.29 is 4.79 Å². The van der Waals surface area contributed by atoms with Gasteiger partial charge < -0.3 is 10.2 Å². The Kier molecular flexibility index (Phi) is 4.37. The minimum Gasteiger partial charge on any atom is -0.372 e. The molecule has 1 N–H and O–H groups in total. The van der Waals surface area contributed by atoms with E-state index in [2.05, 4.69) is 27.3 Å². The van der Waals surface area contributed by atoms with E-state index in [9.17, 15) is 4.79 Å². The minimum atomic E-state index is -0.115. The van der Waals surface area contributed by atoms with E-state index >= 15 is 0 Å². The van der Waals surface area contributed by atoms with Crippen LogP contribution in [0.25, 0.3) is 0 Å². The first-order valence-electron chi connectivity index (χ1n) is 7.81. The van der Waals surface area contributed by atoms with E-state index in [1.54, 1.807) is 12.4 Å². The van der Waals surface area contributed by atoms with Gasteiger partial charge in [0.15, 0.2) is 0 Å². The molecule has 1 aliphatic heterocycles. The average molecular weight is 295 g/mol. The number of anilines is 2. The Hall–Kier alpha value is -2.36. The van der Waals surface area contributed by atoms with Crippen LogP contribution < -0.4 is 10.2 Å². The number of piperidine rings is 1. The van der Waals surface area contributed by atoms with Gasteiger partial charge in [0, 0.05) is 36.9 Å². The molecule has 4 nitrogen and oxygen atoms in total. The van der Waals surface area contributed by atoms with Crippen molar-refractivity contribution in [1.29, 1.82) is 0 Å². The molecule has 1 aliphatic rings. The van der Waals surface area contributed by atoms with Gasteiger partial charge in [0.1, 0.15) is 0 Å². The van der Waals surface area contributed by atoms with Crippen LogP contribution in [0.3, 0.4) is 0 Å².